The molecule has 0 heterocycles. The third-order valence-corrected chi connectivity index (χ3v) is 2.71. The smallest absolute Gasteiger partial charge is 0.260 e. The first-order valence-electron chi connectivity index (χ1n) is 4.19. The Kier molecular flexibility index (Phi) is 2.43. The highest BCUT2D eigenvalue weighted by atomic mass is 16.2. The molecule has 66 valence electrons. The maximum absolute atomic E-state index is 11.2. The predicted octanol–water partition coefficient (Wildman–Crippen LogP) is 1.68. The summed E-state index contributed by atoms with van der Waals surface area (Å²) in [5.74, 6) is -0.369. The highest BCUT2D eigenvalue weighted by Crippen LogP contribution is 2.42. The van der Waals surface area contributed by atoms with Crippen molar-refractivity contribution in [1.29, 1.82) is 0 Å². The summed E-state index contributed by atoms with van der Waals surface area (Å²) in [7, 11) is 0. The zero-order chi connectivity index (χ0) is 9.19. The van der Waals surface area contributed by atoms with Crippen molar-refractivity contribution in [3.63, 3.8) is 0 Å². The van der Waals surface area contributed by atoms with E-state index >= 15 is 0 Å². The van der Waals surface area contributed by atoms with Gasteiger partial charge in [0.25, 0.3) is 5.91 Å². The van der Waals surface area contributed by atoms with Crippen LogP contribution in [0.5, 0.6) is 0 Å². The number of aliphatic imine (C=N–C) groups is 1. The van der Waals surface area contributed by atoms with E-state index in [1.165, 1.54) is 6.08 Å². The molecule has 0 spiro atoms. The van der Waals surface area contributed by atoms with Gasteiger partial charge in [0.1, 0.15) is 0 Å². The van der Waals surface area contributed by atoms with Crippen LogP contribution in [0.15, 0.2) is 4.99 Å². The molecule has 1 unspecified atom stereocenters. The van der Waals surface area contributed by atoms with Gasteiger partial charge in [-0.2, -0.15) is 0 Å². The molecule has 12 heavy (non-hydrogen) atoms. The molecule has 1 aliphatic carbocycles. The molecule has 3 nitrogen and oxygen atoms in total. The topological polar surface area (TPSA) is 46.5 Å². The fourth-order valence-electron chi connectivity index (χ4n) is 1.91. The first kappa shape index (κ1) is 9.14. The lowest BCUT2D eigenvalue weighted by Crippen LogP contribution is -2.24. The molecular weight excluding hydrogens is 154 g/mol. The van der Waals surface area contributed by atoms with E-state index in [0.717, 1.165) is 19.3 Å². The molecule has 0 aromatic carbocycles. The lowest BCUT2D eigenvalue weighted by atomic mass is 9.81. The Morgan fingerprint density at radius 3 is 2.67 bits per heavy atom. The third-order valence-electron chi connectivity index (χ3n) is 2.71. The van der Waals surface area contributed by atoms with Crippen LogP contribution in [0.4, 0.5) is 0 Å². The summed E-state index contributed by atoms with van der Waals surface area (Å²) >= 11 is 0. The largest absolute Gasteiger partial charge is 0.271 e. The maximum atomic E-state index is 11.2. The van der Waals surface area contributed by atoms with Gasteiger partial charge in [-0.15, -0.1) is 4.99 Å². The highest BCUT2D eigenvalue weighted by molar-refractivity contribution is 5.84. The summed E-state index contributed by atoms with van der Waals surface area (Å²) in [5, 5.41) is 0. The minimum atomic E-state index is -0.299. The average molecular weight is 167 g/mol. The van der Waals surface area contributed by atoms with Gasteiger partial charge in [0.2, 0.25) is 6.08 Å². The Bertz CT molecular complexity index is 239. The van der Waals surface area contributed by atoms with Crippen molar-refractivity contribution in [1.82, 2.24) is 0 Å². The molecule has 1 saturated carbocycles. The first-order chi connectivity index (χ1) is 5.58. The van der Waals surface area contributed by atoms with E-state index in [1.54, 1.807) is 0 Å². The zero-order valence-electron chi connectivity index (χ0n) is 7.46. The number of hydrogen-bond donors (Lipinski definition) is 0. The quantitative estimate of drug-likeness (QED) is 0.440. The van der Waals surface area contributed by atoms with Crippen molar-refractivity contribution < 1.29 is 9.59 Å². The van der Waals surface area contributed by atoms with Crippen molar-refractivity contribution in [2.24, 2.45) is 16.3 Å². The molecular formula is C9H13NO2. The molecule has 0 saturated heterocycles. The Morgan fingerprint density at radius 1 is 1.58 bits per heavy atom. The minimum absolute atomic E-state index is 0.0113. The molecule has 1 fully saturated rings. The predicted molar refractivity (Wildman–Crippen MR) is 44.3 cm³/mol. The fourth-order valence-corrected chi connectivity index (χ4v) is 1.91. The molecule has 1 amide bonds. The Labute approximate surface area is 71.9 Å². The SMILES string of the molecule is CC1(C)CCCC1C(=O)N=C=O. The molecule has 0 bridgehead atoms. The molecule has 0 aliphatic heterocycles. The summed E-state index contributed by atoms with van der Waals surface area (Å²) in [4.78, 5) is 24.3. The van der Waals surface area contributed by atoms with Gasteiger partial charge in [0.15, 0.2) is 0 Å². The van der Waals surface area contributed by atoms with Crippen LogP contribution in [0.2, 0.25) is 0 Å². The number of isocyanates is 1. The number of carbonyl (C=O) groups excluding carboxylic acids is 2. The zero-order valence-corrected chi connectivity index (χ0v) is 7.46. The van der Waals surface area contributed by atoms with Crippen molar-refractivity contribution in [3.05, 3.63) is 0 Å². The fraction of sp³-hybridized carbons (Fsp3) is 0.778. The minimum Gasteiger partial charge on any atom is -0.271 e. The van der Waals surface area contributed by atoms with Gasteiger partial charge in [-0.1, -0.05) is 20.3 Å². The highest BCUT2D eigenvalue weighted by Gasteiger charge is 2.39. The molecule has 1 rings (SSSR count). The number of rotatable bonds is 1. The molecule has 0 N–H and O–H groups in total. The standard InChI is InChI=1S/C9H13NO2/c1-9(2)5-3-4-7(9)8(12)10-6-11/h7H,3-5H2,1-2H3. The van der Waals surface area contributed by atoms with Crippen LogP contribution in [0.3, 0.4) is 0 Å². The normalized spacial score (nSPS) is 26.3. The molecule has 0 aromatic rings. The van der Waals surface area contributed by atoms with Crippen LogP contribution in [-0.4, -0.2) is 12.0 Å². The van der Waals surface area contributed by atoms with Crippen LogP contribution in [0.1, 0.15) is 33.1 Å². The summed E-state index contributed by atoms with van der Waals surface area (Å²) in [6.07, 6.45) is 4.26. The van der Waals surface area contributed by atoms with E-state index in [2.05, 4.69) is 4.99 Å². The third kappa shape index (κ3) is 1.62. The lowest BCUT2D eigenvalue weighted by molar-refractivity contribution is -0.124. The van der Waals surface area contributed by atoms with E-state index in [9.17, 15) is 9.59 Å². The Balaban J connectivity index is 2.75. The van der Waals surface area contributed by atoms with Gasteiger partial charge >= 0.3 is 0 Å². The van der Waals surface area contributed by atoms with Crippen molar-refractivity contribution >= 4 is 12.0 Å². The second kappa shape index (κ2) is 3.20. The van der Waals surface area contributed by atoms with Crippen LogP contribution >= 0.6 is 0 Å². The van der Waals surface area contributed by atoms with Crippen LogP contribution in [0, 0.1) is 11.3 Å². The van der Waals surface area contributed by atoms with E-state index in [1.807, 2.05) is 13.8 Å². The van der Waals surface area contributed by atoms with Crippen molar-refractivity contribution in [2.75, 3.05) is 0 Å². The number of hydrogen-bond acceptors (Lipinski definition) is 2. The first-order valence-corrected chi connectivity index (χ1v) is 4.19. The van der Waals surface area contributed by atoms with Gasteiger partial charge in [-0.05, 0) is 18.3 Å². The molecule has 0 aromatic heterocycles. The van der Waals surface area contributed by atoms with Crippen LogP contribution in [0.25, 0.3) is 0 Å². The van der Waals surface area contributed by atoms with Crippen molar-refractivity contribution in [3.8, 4) is 0 Å². The Hall–Kier alpha value is -0.950. The lowest BCUT2D eigenvalue weighted by Gasteiger charge is -2.23. The van der Waals surface area contributed by atoms with E-state index in [-0.39, 0.29) is 17.2 Å². The number of nitrogens with zero attached hydrogens (tertiary/aromatic N) is 1. The maximum Gasteiger partial charge on any atom is 0.260 e. The number of amides is 1. The molecule has 1 atom stereocenters. The summed E-state index contributed by atoms with van der Waals surface area (Å²) in [5.41, 5.74) is 0.0113. The molecule has 0 radical (unpaired) electrons. The van der Waals surface area contributed by atoms with E-state index in [4.69, 9.17) is 0 Å². The number of carbonyl (C=O) groups is 1. The Morgan fingerprint density at radius 2 is 2.25 bits per heavy atom. The van der Waals surface area contributed by atoms with Gasteiger partial charge in [-0.3, -0.25) is 4.79 Å². The van der Waals surface area contributed by atoms with E-state index < -0.39 is 0 Å². The van der Waals surface area contributed by atoms with E-state index in [0.29, 0.717) is 0 Å². The van der Waals surface area contributed by atoms with Crippen LogP contribution in [-0.2, 0) is 9.59 Å². The van der Waals surface area contributed by atoms with Gasteiger partial charge in [0.05, 0.1) is 0 Å². The van der Waals surface area contributed by atoms with Gasteiger partial charge < -0.3 is 0 Å². The van der Waals surface area contributed by atoms with Gasteiger partial charge in [-0.25, -0.2) is 4.79 Å². The summed E-state index contributed by atoms with van der Waals surface area (Å²) < 4.78 is 0. The monoisotopic (exact) mass is 167 g/mol. The summed E-state index contributed by atoms with van der Waals surface area (Å²) in [6.45, 7) is 4.09. The van der Waals surface area contributed by atoms with Crippen molar-refractivity contribution in [2.45, 2.75) is 33.1 Å². The second-order valence-electron chi connectivity index (χ2n) is 3.97. The van der Waals surface area contributed by atoms with Gasteiger partial charge in [0, 0.05) is 5.92 Å². The summed E-state index contributed by atoms with van der Waals surface area (Å²) in [6, 6.07) is 0. The second-order valence-corrected chi connectivity index (χ2v) is 3.97. The van der Waals surface area contributed by atoms with Crippen LogP contribution < -0.4 is 0 Å². The average Bonchev–Trinajstić information content (AvgIpc) is 2.30. The molecule has 1 aliphatic rings. The molecule has 3 heteroatoms.